The van der Waals surface area contributed by atoms with Crippen LogP contribution in [0.3, 0.4) is 0 Å². The van der Waals surface area contributed by atoms with Gasteiger partial charge in [-0.25, -0.2) is 4.79 Å². The standard InChI is InChI=1S/C17H29NO3/c1-2-3-4-5-6-10-13-15(17(20)21)18-16(19)14-11-8-7-9-12-14/h2,14-15H,1,3-13H2,(H,18,19)(H,20,21)/t15-/m1/s1. The maximum atomic E-state index is 12.1. The van der Waals surface area contributed by atoms with E-state index in [1.165, 1.54) is 6.42 Å². The Hall–Kier alpha value is -1.32. The third-order valence-corrected chi connectivity index (χ3v) is 4.24. The molecule has 1 aliphatic rings. The van der Waals surface area contributed by atoms with Gasteiger partial charge in [0.1, 0.15) is 6.04 Å². The topological polar surface area (TPSA) is 66.4 Å². The highest BCUT2D eigenvalue weighted by Crippen LogP contribution is 2.24. The van der Waals surface area contributed by atoms with Gasteiger partial charge in [0.2, 0.25) is 5.91 Å². The molecule has 0 heterocycles. The molecule has 0 bridgehead atoms. The van der Waals surface area contributed by atoms with Crippen molar-refractivity contribution in [2.75, 3.05) is 0 Å². The Morgan fingerprint density at radius 2 is 1.81 bits per heavy atom. The number of nitrogens with one attached hydrogen (secondary N) is 1. The number of amides is 1. The molecule has 1 saturated carbocycles. The largest absolute Gasteiger partial charge is 0.480 e. The van der Waals surface area contributed by atoms with E-state index >= 15 is 0 Å². The van der Waals surface area contributed by atoms with Gasteiger partial charge < -0.3 is 10.4 Å². The van der Waals surface area contributed by atoms with Crippen LogP contribution in [0.15, 0.2) is 12.7 Å². The molecule has 1 rings (SSSR count). The van der Waals surface area contributed by atoms with Crippen LogP contribution in [-0.2, 0) is 9.59 Å². The molecule has 0 aromatic carbocycles. The molecule has 1 aliphatic carbocycles. The minimum absolute atomic E-state index is 0.0215. The molecule has 1 atom stereocenters. The lowest BCUT2D eigenvalue weighted by molar-refractivity contribution is -0.142. The average Bonchev–Trinajstić information content (AvgIpc) is 2.50. The highest BCUT2D eigenvalue weighted by molar-refractivity contribution is 5.84. The average molecular weight is 295 g/mol. The van der Waals surface area contributed by atoms with Gasteiger partial charge in [-0.1, -0.05) is 44.6 Å². The van der Waals surface area contributed by atoms with Crippen LogP contribution in [0.1, 0.15) is 70.6 Å². The summed E-state index contributed by atoms with van der Waals surface area (Å²) in [6.45, 7) is 3.68. The molecule has 21 heavy (non-hydrogen) atoms. The minimum atomic E-state index is -0.912. The number of hydrogen-bond acceptors (Lipinski definition) is 2. The van der Waals surface area contributed by atoms with Gasteiger partial charge in [0.15, 0.2) is 0 Å². The zero-order chi connectivity index (χ0) is 15.5. The Kier molecular flexibility index (Phi) is 8.79. The van der Waals surface area contributed by atoms with Gasteiger partial charge in [-0.2, -0.15) is 0 Å². The molecule has 0 radical (unpaired) electrons. The van der Waals surface area contributed by atoms with Gasteiger partial charge in [0, 0.05) is 5.92 Å². The molecule has 0 aromatic rings. The van der Waals surface area contributed by atoms with Crippen LogP contribution >= 0.6 is 0 Å². The summed E-state index contributed by atoms with van der Waals surface area (Å²) in [5, 5.41) is 12.0. The van der Waals surface area contributed by atoms with Gasteiger partial charge in [0.25, 0.3) is 0 Å². The number of allylic oxidation sites excluding steroid dienone is 1. The van der Waals surface area contributed by atoms with E-state index in [2.05, 4.69) is 11.9 Å². The van der Waals surface area contributed by atoms with E-state index in [0.29, 0.717) is 6.42 Å². The summed E-state index contributed by atoms with van der Waals surface area (Å²) in [7, 11) is 0. The molecule has 2 N–H and O–H groups in total. The van der Waals surface area contributed by atoms with Crippen molar-refractivity contribution >= 4 is 11.9 Å². The summed E-state index contributed by atoms with van der Waals surface area (Å²) >= 11 is 0. The minimum Gasteiger partial charge on any atom is -0.480 e. The molecule has 4 nitrogen and oxygen atoms in total. The molecular weight excluding hydrogens is 266 g/mol. The summed E-state index contributed by atoms with van der Waals surface area (Å²) in [4.78, 5) is 23.4. The molecule has 1 amide bonds. The Labute approximate surface area is 128 Å². The number of carboxylic acids is 1. The zero-order valence-corrected chi connectivity index (χ0v) is 13.0. The second-order valence-electron chi connectivity index (χ2n) is 6.01. The molecule has 0 unspecified atom stereocenters. The summed E-state index contributed by atoms with van der Waals surface area (Å²) in [5.74, 6) is -0.952. The van der Waals surface area contributed by atoms with Gasteiger partial charge >= 0.3 is 5.97 Å². The van der Waals surface area contributed by atoms with E-state index in [0.717, 1.165) is 57.8 Å². The van der Waals surface area contributed by atoms with Gasteiger partial charge in [-0.15, -0.1) is 6.58 Å². The Morgan fingerprint density at radius 1 is 1.14 bits per heavy atom. The third-order valence-electron chi connectivity index (χ3n) is 4.24. The third kappa shape index (κ3) is 7.30. The number of hydrogen-bond donors (Lipinski definition) is 2. The number of aliphatic carboxylic acids is 1. The number of carbonyl (C=O) groups excluding carboxylic acids is 1. The van der Waals surface area contributed by atoms with Crippen molar-refractivity contribution in [3.8, 4) is 0 Å². The fourth-order valence-electron chi connectivity index (χ4n) is 2.90. The zero-order valence-electron chi connectivity index (χ0n) is 13.0. The summed E-state index contributed by atoms with van der Waals surface area (Å²) in [5.41, 5.74) is 0. The number of carboxylic acid groups (broad SMARTS) is 1. The molecule has 0 aliphatic heterocycles. The van der Waals surface area contributed by atoms with E-state index < -0.39 is 12.0 Å². The molecule has 4 heteroatoms. The first-order valence-electron chi connectivity index (χ1n) is 8.29. The molecule has 0 spiro atoms. The molecule has 1 fully saturated rings. The SMILES string of the molecule is C=CCCCCCC[C@@H](NC(=O)C1CCCCC1)C(=O)O. The monoisotopic (exact) mass is 295 g/mol. The second-order valence-corrected chi connectivity index (χ2v) is 6.01. The first-order valence-corrected chi connectivity index (χ1v) is 8.29. The highest BCUT2D eigenvalue weighted by Gasteiger charge is 2.25. The summed E-state index contributed by atoms with van der Waals surface area (Å²) < 4.78 is 0. The van der Waals surface area contributed by atoms with Crippen LogP contribution in [0.4, 0.5) is 0 Å². The van der Waals surface area contributed by atoms with E-state index in [1.54, 1.807) is 0 Å². The number of rotatable bonds is 10. The van der Waals surface area contributed by atoms with E-state index in [9.17, 15) is 14.7 Å². The Bertz CT molecular complexity index is 335. The lowest BCUT2D eigenvalue weighted by Crippen LogP contribution is -2.44. The van der Waals surface area contributed by atoms with Gasteiger partial charge in [-0.3, -0.25) is 4.79 Å². The van der Waals surface area contributed by atoms with Crippen LogP contribution < -0.4 is 5.32 Å². The van der Waals surface area contributed by atoms with Crippen LogP contribution in [0.5, 0.6) is 0 Å². The van der Waals surface area contributed by atoms with Crippen molar-refractivity contribution < 1.29 is 14.7 Å². The van der Waals surface area contributed by atoms with Crippen molar-refractivity contribution in [1.82, 2.24) is 5.32 Å². The first-order chi connectivity index (χ1) is 10.1. The lowest BCUT2D eigenvalue weighted by atomic mass is 9.88. The van der Waals surface area contributed by atoms with Crippen LogP contribution in [-0.4, -0.2) is 23.0 Å². The lowest BCUT2D eigenvalue weighted by Gasteiger charge is -2.23. The molecule has 0 saturated heterocycles. The van der Waals surface area contributed by atoms with E-state index in [1.807, 2.05) is 6.08 Å². The normalized spacial score (nSPS) is 17.1. The maximum Gasteiger partial charge on any atom is 0.326 e. The summed E-state index contributed by atoms with van der Waals surface area (Å²) in [6, 6.07) is -0.723. The van der Waals surface area contributed by atoms with Gasteiger partial charge in [0.05, 0.1) is 0 Å². The fraction of sp³-hybridized carbons (Fsp3) is 0.765. The Balaban J connectivity index is 2.26. The highest BCUT2D eigenvalue weighted by atomic mass is 16.4. The van der Waals surface area contributed by atoms with E-state index in [-0.39, 0.29) is 11.8 Å². The van der Waals surface area contributed by atoms with Crippen molar-refractivity contribution in [2.45, 2.75) is 76.7 Å². The van der Waals surface area contributed by atoms with Crippen LogP contribution in [0, 0.1) is 5.92 Å². The van der Waals surface area contributed by atoms with Crippen molar-refractivity contribution in [3.63, 3.8) is 0 Å². The predicted octanol–water partition coefficient (Wildman–Crippen LogP) is 3.66. The molecule has 0 aromatic heterocycles. The van der Waals surface area contributed by atoms with Crippen LogP contribution in [0.2, 0.25) is 0 Å². The number of carbonyl (C=O) groups is 2. The fourth-order valence-corrected chi connectivity index (χ4v) is 2.90. The van der Waals surface area contributed by atoms with Crippen molar-refractivity contribution in [2.24, 2.45) is 5.92 Å². The quantitative estimate of drug-likeness (QED) is 0.477. The van der Waals surface area contributed by atoms with E-state index in [4.69, 9.17) is 0 Å². The molecular formula is C17H29NO3. The second kappa shape index (κ2) is 10.4. The first kappa shape index (κ1) is 17.7. The number of unbranched alkanes of at least 4 members (excludes halogenated alkanes) is 4. The van der Waals surface area contributed by atoms with Crippen molar-refractivity contribution in [1.29, 1.82) is 0 Å². The predicted molar refractivity (Wildman–Crippen MR) is 84.0 cm³/mol. The van der Waals surface area contributed by atoms with Crippen LogP contribution in [0.25, 0.3) is 0 Å². The summed E-state index contributed by atoms with van der Waals surface area (Å²) in [6.07, 6.45) is 12.7. The molecule has 120 valence electrons. The smallest absolute Gasteiger partial charge is 0.326 e. The van der Waals surface area contributed by atoms with Crippen molar-refractivity contribution in [3.05, 3.63) is 12.7 Å². The maximum absolute atomic E-state index is 12.1. The Morgan fingerprint density at radius 3 is 2.43 bits per heavy atom. The van der Waals surface area contributed by atoms with Gasteiger partial charge in [-0.05, 0) is 32.1 Å².